The number of benzene rings is 2. The van der Waals surface area contributed by atoms with E-state index in [1.807, 2.05) is 36.4 Å². The van der Waals surface area contributed by atoms with Crippen LogP contribution in [0.25, 0.3) is 10.9 Å². The van der Waals surface area contributed by atoms with E-state index in [0.29, 0.717) is 30.6 Å². The van der Waals surface area contributed by atoms with E-state index < -0.39 is 6.10 Å². The Labute approximate surface area is 157 Å². The molecular weight excluding hydrogens is 338 g/mol. The minimum absolute atomic E-state index is 0.0156. The number of nitriles is 1. The van der Waals surface area contributed by atoms with E-state index in [1.54, 1.807) is 35.4 Å². The first-order valence-electron chi connectivity index (χ1n) is 8.96. The van der Waals surface area contributed by atoms with E-state index in [1.165, 1.54) is 0 Å². The van der Waals surface area contributed by atoms with Crippen molar-refractivity contribution in [3.63, 3.8) is 0 Å². The number of aromatic nitrogens is 1. The van der Waals surface area contributed by atoms with Gasteiger partial charge in [0.05, 0.1) is 23.3 Å². The normalized spacial score (nSPS) is 19.2. The molecule has 2 atom stereocenters. The molecule has 0 spiro atoms. The van der Waals surface area contributed by atoms with Crippen LogP contribution in [0.3, 0.4) is 0 Å². The zero-order valence-electron chi connectivity index (χ0n) is 14.7. The number of β-amino-alcohol motifs (C(OH)–C–C–N with tert-alkyl or cyclic N) is 1. The van der Waals surface area contributed by atoms with Crippen LogP contribution in [0, 0.1) is 17.2 Å². The second-order valence-electron chi connectivity index (χ2n) is 6.92. The van der Waals surface area contributed by atoms with E-state index in [-0.39, 0.29) is 11.8 Å². The van der Waals surface area contributed by atoms with Gasteiger partial charge in [-0.15, -0.1) is 0 Å². The highest BCUT2D eigenvalue weighted by molar-refractivity contribution is 5.94. The summed E-state index contributed by atoms with van der Waals surface area (Å²) in [5.41, 5.74) is 3.14. The first-order chi connectivity index (χ1) is 13.2. The van der Waals surface area contributed by atoms with E-state index in [2.05, 4.69) is 4.98 Å². The molecule has 1 fully saturated rings. The molecular formula is C22H19N3O2. The molecule has 3 aromatic rings. The summed E-state index contributed by atoms with van der Waals surface area (Å²) in [6.07, 6.45) is 1.93. The lowest BCUT2D eigenvalue weighted by molar-refractivity contribution is 0.0764. The summed E-state index contributed by atoms with van der Waals surface area (Å²) in [7, 11) is 0. The third-order valence-electron chi connectivity index (χ3n) is 5.18. The summed E-state index contributed by atoms with van der Waals surface area (Å²) in [6, 6.07) is 18.6. The van der Waals surface area contributed by atoms with Crippen molar-refractivity contribution < 1.29 is 9.90 Å². The Morgan fingerprint density at radius 3 is 2.70 bits per heavy atom. The number of para-hydroxylation sites is 1. The monoisotopic (exact) mass is 357 g/mol. The number of carbonyl (C=O) groups is 1. The molecule has 0 aliphatic carbocycles. The molecule has 0 radical (unpaired) electrons. The van der Waals surface area contributed by atoms with Crippen LogP contribution >= 0.6 is 0 Å². The van der Waals surface area contributed by atoms with E-state index >= 15 is 0 Å². The third kappa shape index (κ3) is 3.40. The van der Waals surface area contributed by atoms with Crippen LogP contribution in [0.5, 0.6) is 0 Å². The van der Waals surface area contributed by atoms with Crippen LogP contribution in [0.4, 0.5) is 0 Å². The quantitative estimate of drug-likeness (QED) is 0.782. The van der Waals surface area contributed by atoms with E-state index in [9.17, 15) is 9.90 Å². The van der Waals surface area contributed by atoms with Crippen molar-refractivity contribution in [1.82, 2.24) is 9.88 Å². The van der Waals surface area contributed by atoms with Crippen molar-refractivity contribution in [2.45, 2.75) is 12.5 Å². The standard InChI is InChI=1S/C22H19N3O2/c23-12-15-5-7-16(8-6-15)22(27)25-13-18(21(26)14-25)11-17-9-10-24-20-4-2-1-3-19(17)20/h1-10,18,21,26H,11,13-14H2. The molecule has 1 N–H and O–H groups in total. The number of nitrogens with zero attached hydrogens (tertiary/aromatic N) is 3. The summed E-state index contributed by atoms with van der Waals surface area (Å²) in [5.74, 6) is -0.126. The minimum Gasteiger partial charge on any atom is -0.391 e. The van der Waals surface area contributed by atoms with Gasteiger partial charge >= 0.3 is 0 Å². The van der Waals surface area contributed by atoms with Gasteiger partial charge in [-0.2, -0.15) is 5.26 Å². The number of carbonyl (C=O) groups excluding carboxylic acids is 1. The molecule has 2 heterocycles. The molecule has 134 valence electrons. The van der Waals surface area contributed by atoms with Gasteiger partial charge in [0.1, 0.15) is 0 Å². The third-order valence-corrected chi connectivity index (χ3v) is 5.18. The van der Waals surface area contributed by atoms with E-state index in [0.717, 1.165) is 16.5 Å². The van der Waals surface area contributed by atoms with Crippen molar-refractivity contribution in [2.24, 2.45) is 5.92 Å². The van der Waals surface area contributed by atoms with Gasteiger partial charge in [-0.25, -0.2) is 0 Å². The Bertz CT molecular complexity index is 1020. The number of aliphatic hydroxyl groups excluding tert-OH is 1. The molecule has 5 nitrogen and oxygen atoms in total. The predicted molar refractivity (Wildman–Crippen MR) is 102 cm³/mol. The number of pyridine rings is 1. The maximum atomic E-state index is 12.7. The lowest BCUT2D eigenvalue weighted by Gasteiger charge is -2.16. The SMILES string of the molecule is N#Cc1ccc(C(=O)N2CC(O)C(Cc3ccnc4ccccc34)C2)cc1. The molecule has 0 saturated carbocycles. The molecule has 2 unspecified atom stereocenters. The lowest BCUT2D eigenvalue weighted by atomic mass is 9.94. The largest absolute Gasteiger partial charge is 0.391 e. The van der Waals surface area contributed by atoms with Gasteiger partial charge in [-0.05, 0) is 48.4 Å². The van der Waals surface area contributed by atoms with Crippen molar-refractivity contribution in [3.8, 4) is 6.07 Å². The first kappa shape index (κ1) is 17.2. The van der Waals surface area contributed by atoms with Gasteiger partial charge in [0.25, 0.3) is 5.91 Å². The fourth-order valence-electron chi connectivity index (χ4n) is 3.71. The first-order valence-corrected chi connectivity index (χ1v) is 8.96. The van der Waals surface area contributed by atoms with Gasteiger partial charge in [-0.1, -0.05) is 18.2 Å². The molecule has 1 saturated heterocycles. The van der Waals surface area contributed by atoms with Gasteiger partial charge in [0.2, 0.25) is 0 Å². The molecule has 1 aliphatic heterocycles. The van der Waals surface area contributed by atoms with Crippen LogP contribution < -0.4 is 0 Å². The van der Waals surface area contributed by atoms with Crippen LogP contribution in [0.15, 0.2) is 60.8 Å². The zero-order chi connectivity index (χ0) is 18.8. The number of rotatable bonds is 3. The average molecular weight is 357 g/mol. The second-order valence-corrected chi connectivity index (χ2v) is 6.92. The molecule has 4 rings (SSSR count). The summed E-state index contributed by atoms with van der Waals surface area (Å²) in [5, 5.41) is 20.5. The molecule has 27 heavy (non-hydrogen) atoms. The fourth-order valence-corrected chi connectivity index (χ4v) is 3.71. The Hall–Kier alpha value is -3.23. The number of likely N-dealkylation sites (tertiary alicyclic amines) is 1. The number of hydrogen-bond acceptors (Lipinski definition) is 4. The Kier molecular flexibility index (Phi) is 4.57. The summed E-state index contributed by atoms with van der Waals surface area (Å²) >= 11 is 0. The van der Waals surface area contributed by atoms with Gasteiger partial charge in [0, 0.05) is 36.2 Å². The van der Waals surface area contributed by atoms with Gasteiger partial charge in [0.15, 0.2) is 0 Å². The Morgan fingerprint density at radius 1 is 1.15 bits per heavy atom. The van der Waals surface area contributed by atoms with Crippen LogP contribution in [-0.4, -0.2) is 40.1 Å². The number of aliphatic hydroxyl groups is 1. The fraction of sp³-hybridized carbons (Fsp3) is 0.227. The van der Waals surface area contributed by atoms with Crippen LogP contribution in [0.2, 0.25) is 0 Å². The van der Waals surface area contributed by atoms with Gasteiger partial charge in [-0.3, -0.25) is 9.78 Å². The maximum Gasteiger partial charge on any atom is 0.253 e. The van der Waals surface area contributed by atoms with Gasteiger partial charge < -0.3 is 10.0 Å². The summed E-state index contributed by atoms with van der Waals surface area (Å²) in [6.45, 7) is 0.836. The highest BCUT2D eigenvalue weighted by atomic mass is 16.3. The van der Waals surface area contributed by atoms with Crippen molar-refractivity contribution in [2.75, 3.05) is 13.1 Å². The van der Waals surface area contributed by atoms with Crippen molar-refractivity contribution in [1.29, 1.82) is 5.26 Å². The summed E-state index contributed by atoms with van der Waals surface area (Å²) < 4.78 is 0. The molecule has 0 bridgehead atoms. The highest BCUT2D eigenvalue weighted by Gasteiger charge is 2.34. The molecule has 5 heteroatoms. The van der Waals surface area contributed by atoms with E-state index in [4.69, 9.17) is 5.26 Å². The molecule has 2 aromatic carbocycles. The number of amides is 1. The topological polar surface area (TPSA) is 77.2 Å². The molecule has 1 aliphatic rings. The number of hydrogen-bond donors (Lipinski definition) is 1. The van der Waals surface area contributed by atoms with Crippen LogP contribution in [-0.2, 0) is 6.42 Å². The average Bonchev–Trinajstić information content (AvgIpc) is 3.08. The highest BCUT2D eigenvalue weighted by Crippen LogP contribution is 2.26. The Morgan fingerprint density at radius 2 is 1.93 bits per heavy atom. The number of fused-ring (bicyclic) bond motifs is 1. The van der Waals surface area contributed by atoms with Crippen LogP contribution in [0.1, 0.15) is 21.5 Å². The second kappa shape index (κ2) is 7.18. The summed E-state index contributed by atoms with van der Waals surface area (Å²) in [4.78, 5) is 18.8. The minimum atomic E-state index is -0.556. The maximum absolute atomic E-state index is 12.7. The molecule has 1 aromatic heterocycles. The predicted octanol–water partition coefficient (Wildman–Crippen LogP) is 2.78. The van der Waals surface area contributed by atoms with Crippen molar-refractivity contribution in [3.05, 3.63) is 77.5 Å². The Balaban J connectivity index is 1.51. The lowest BCUT2D eigenvalue weighted by Crippen LogP contribution is -2.29. The van der Waals surface area contributed by atoms with Crippen molar-refractivity contribution >= 4 is 16.8 Å². The zero-order valence-corrected chi connectivity index (χ0v) is 14.7. The smallest absolute Gasteiger partial charge is 0.253 e. The molecule has 1 amide bonds.